The van der Waals surface area contributed by atoms with Crippen LogP contribution in [-0.4, -0.2) is 81.6 Å². The number of thioether (sulfide) groups is 2. The molecule has 1 N–H and O–H groups in total. The van der Waals surface area contributed by atoms with E-state index in [0.29, 0.717) is 19.8 Å². The molecule has 3 aliphatic heterocycles. The molecule has 0 spiro atoms. The van der Waals surface area contributed by atoms with Crippen LogP contribution in [0.3, 0.4) is 0 Å². The van der Waals surface area contributed by atoms with Gasteiger partial charge in [0.25, 0.3) is 0 Å². The molecule has 3 aromatic rings. The van der Waals surface area contributed by atoms with Crippen LogP contribution in [0.5, 0.6) is 0 Å². The van der Waals surface area contributed by atoms with E-state index in [-0.39, 0.29) is 19.8 Å². The minimum atomic E-state index is -1.39. The number of ether oxygens (including phenoxy) is 7. The molecule has 0 saturated carbocycles. The number of aliphatic hydroxyl groups excluding tert-OH is 1. The van der Waals surface area contributed by atoms with Crippen molar-refractivity contribution in [2.75, 3.05) is 31.3 Å². The average Bonchev–Trinajstić information content (AvgIpc) is 3.55. The fourth-order valence-corrected chi connectivity index (χ4v) is 10.3. The summed E-state index contributed by atoms with van der Waals surface area (Å²) in [6, 6.07) is 30.1. The third-order valence-corrected chi connectivity index (χ3v) is 12.8. The predicted octanol–water partition coefficient (Wildman–Crippen LogP) is 7.36. The van der Waals surface area contributed by atoms with Gasteiger partial charge in [-0.1, -0.05) is 91.0 Å². The molecular formula is C40H52O8S2. The molecule has 3 fully saturated rings. The van der Waals surface area contributed by atoms with E-state index in [9.17, 15) is 5.11 Å². The Morgan fingerprint density at radius 3 is 1.60 bits per heavy atom. The van der Waals surface area contributed by atoms with E-state index in [1.165, 1.54) is 0 Å². The summed E-state index contributed by atoms with van der Waals surface area (Å²) >= 11 is 3.52. The molecule has 272 valence electrons. The smallest absolute Gasteiger partial charge is 0.164 e. The van der Waals surface area contributed by atoms with Crippen LogP contribution < -0.4 is 0 Å². The molecule has 5 atom stereocenters. The van der Waals surface area contributed by atoms with Gasteiger partial charge in [-0.3, -0.25) is 0 Å². The number of aliphatic hydroxyl groups is 1. The first-order valence-corrected chi connectivity index (χ1v) is 19.5. The molecule has 8 nitrogen and oxygen atoms in total. The molecule has 3 heterocycles. The van der Waals surface area contributed by atoms with E-state index in [0.717, 1.165) is 34.6 Å². The fraction of sp³-hybridized carbons (Fsp3) is 0.550. The Morgan fingerprint density at radius 2 is 1.08 bits per heavy atom. The first-order valence-electron chi connectivity index (χ1n) is 17.5. The van der Waals surface area contributed by atoms with Crippen molar-refractivity contribution >= 4 is 23.5 Å². The minimum absolute atomic E-state index is 0.0434. The van der Waals surface area contributed by atoms with E-state index >= 15 is 0 Å². The summed E-state index contributed by atoms with van der Waals surface area (Å²) in [5.74, 6) is -0.251. The molecule has 0 bridgehead atoms. The Kier molecular flexibility index (Phi) is 12.1. The van der Waals surface area contributed by atoms with Crippen LogP contribution in [0, 0.1) is 0 Å². The molecule has 10 heteroatoms. The van der Waals surface area contributed by atoms with E-state index in [1.807, 2.05) is 119 Å². The van der Waals surface area contributed by atoms with Crippen molar-refractivity contribution in [1.82, 2.24) is 0 Å². The van der Waals surface area contributed by atoms with E-state index in [4.69, 9.17) is 33.2 Å². The van der Waals surface area contributed by atoms with Crippen molar-refractivity contribution in [1.29, 1.82) is 0 Å². The Bertz CT molecular complexity index is 1490. The highest BCUT2D eigenvalue weighted by atomic mass is 32.2. The minimum Gasteiger partial charge on any atom is -0.388 e. The highest BCUT2D eigenvalue weighted by molar-refractivity contribution is 8.18. The maximum absolute atomic E-state index is 12.6. The van der Waals surface area contributed by atoms with Gasteiger partial charge in [0.2, 0.25) is 0 Å². The summed E-state index contributed by atoms with van der Waals surface area (Å²) < 4.78 is 47.0. The van der Waals surface area contributed by atoms with Gasteiger partial charge >= 0.3 is 0 Å². The van der Waals surface area contributed by atoms with Crippen LogP contribution >= 0.6 is 23.5 Å². The lowest BCUT2D eigenvalue weighted by Gasteiger charge is -2.51. The largest absolute Gasteiger partial charge is 0.388 e. The molecule has 3 aromatic carbocycles. The Balaban J connectivity index is 1.42. The lowest BCUT2D eigenvalue weighted by atomic mass is 9.73. The molecule has 6 rings (SSSR count). The zero-order valence-corrected chi connectivity index (χ0v) is 31.5. The number of hydrogen-bond donors (Lipinski definition) is 1. The Labute approximate surface area is 305 Å². The fourth-order valence-electron chi connectivity index (χ4n) is 7.28. The standard InChI is InChI=1S/C40H52O8S2/c1-36(2)45-33(27-42-24-30-16-9-6-10-17-30)39(47-36,28-43-25-31-18-11-7-12-19-31)40(29-44-26-32-20-13-8-14-21-32)35(46-37(3,4)48-40)34(41)38(5)49-22-15-23-50-38/h6-14,16-21,33-35,41H,15,22-29H2,1-5H3/t33-,34+,35+,39-,40+/m0/s1. The summed E-state index contributed by atoms with van der Waals surface area (Å²) in [4.78, 5) is 0. The summed E-state index contributed by atoms with van der Waals surface area (Å²) in [6.45, 7) is 11.0. The van der Waals surface area contributed by atoms with Crippen molar-refractivity contribution in [3.63, 3.8) is 0 Å². The third kappa shape index (κ3) is 8.46. The molecular weight excluding hydrogens is 673 g/mol. The highest BCUT2D eigenvalue weighted by Gasteiger charge is 2.75. The van der Waals surface area contributed by atoms with Crippen LogP contribution in [0.2, 0.25) is 0 Å². The number of benzene rings is 3. The lowest BCUT2D eigenvalue weighted by Crippen LogP contribution is -2.73. The zero-order valence-electron chi connectivity index (χ0n) is 29.9. The molecule has 0 radical (unpaired) electrons. The van der Waals surface area contributed by atoms with Crippen LogP contribution in [0.25, 0.3) is 0 Å². The molecule has 0 aromatic heterocycles. The van der Waals surface area contributed by atoms with Gasteiger partial charge in [0.05, 0.1) is 43.7 Å². The van der Waals surface area contributed by atoms with Gasteiger partial charge in [-0.05, 0) is 69.2 Å². The Morgan fingerprint density at radius 1 is 0.640 bits per heavy atom. The average molecular weight is 725 g/mol. The van der Waals surface area contributed by atoms with Crippen LogP contribution in [0.1, 0.15) is 57.7 Å². The summed E-state index contributed by atoms with van der Waals surface area (Å²) in [5, 5.41) is 12.6. The summed E-state index contributed by atoms with van der Waals surface area (Å²) in [5.41, 5.74) is 0.363. The van der Waals surface area contributed by atoms with Gasteiger partial charge in [0.15, 0.2) is 22.8 Å². The first kappa shape index (κ1) is 37.8. The van der Waals surface area contributed by atoms with E-state index in [2.05, 4.69) is 6.92 Å². The van der Waals surface area contributed by atoms with E-state index < -0.39 is 45.2 Å². The van der Waals surface area contributed by atoms with Crippen LogP contribution in [-0.2, 0) is 53.0 Å². The van der Waals surface area contributed by atoms with Gasteiger partial charge in [-0.25, -0.2) is 0 Å². The molecule has 50 heavy (non-hydrogen) atoms. The molecule has 3 saturated heterocycles. The molecule has 0 amide bonds. The van der Waals surface area contributed by atoms with E-state index in [1.54, 1.807) is 23.5 Å². The summed E-state index contributed by atoms with van der Waals surface area (Å²) in [7, 11) is 0. The maximum Gasteiger partial charge on any atom is 0.164 e. The first-order chi connectivity index (χ1) is 24.0. The second kappa shape index (κ2) is 16.0. The topological polar surface area (TPSA) is 84.8 Å². The second-order valence-corrected chi connectivity index (χ2v) is 17.7. The van der Waals surface area contributed by atoms with Gasteiger partial charge < -0.3 is 38.3 Å². The zero-order chi connectivity index (χ0) is 35.3. The van der Waals surface area contributed by atoms with Crippen LogP contribution in [0.4, 0.5) is 0 Å². The predicted molar refractivity (Wildman–Crippen MR) is 198 cm³/mol. The highest BCUT2D eigenvalue weighted by Crippen LogP contribution is 2.57. The van der Waals surface area contributed by atoms with Gasteiger partial charge in [0, 0.05) is 0 Å². The van der Waals surface area contributed by atoms with Crippen molar-refractivity contribution in [2.24, 2.45) is 0 Å². The summed E-state index contributed by atoms with van der Waals surface area (Å²) in [6.07, 6.45) is -1.42. The maximum atomic E-state index is 12.6. The van der Waals surface area contributed by atoms with Crippen LogP contribution in [0.15, 0.2) is 91.0 Å². The molecule has 0 aliphatic carbocycles. The van der Waals surface area contributed by atoms with Crippen molar-refractivity contribution < 1.29 is 38.3 Å². The SMILES string of the molecule is CC1(C)O[C@@H](COCc2ccccc2)[C@@](COCc2ccccc2)([C@]2(COCc3ccccc3)OC(C)(C)O[C@@H]2[C@@H](O)C2(C)SCCCS2)O1. The van der Waals surface area contributed by atoms with Gasteiger partial charge in [-0.2, -0.15) is 0 Å². The third-order valence-electron chi connectivity index (χ3n) is 9.52. The van der Waals surface area contributed by atoms with Gasteiger partial charge in [-0.15, -0.1) is 23.5 Å². The lowest BCUT2D eigenvalue weighted by molar-refractivity contribution is -0.275. The molecule has 3 aliphatic rings. The number of hydrogen-bond acceptors (Lipinski definition) is 10. The second-order valence-electron chi connectivity index (χ2n) is 14.4. The molecule has 0 unspecified atom stereocenters. The number of rotatable bonds is 15. The van der Waals surface area contributed by atoms with Crippen molar-refractivity contribution in [3.05, 3.63) is 108 Å². The quantitative estimate of drug-likeness (QED) is 0.172. The Hall–Kier alpha value is -1.96. The normalized spacial score (nSPS) is 29.2. The van der Waals surface area contributed by atoms with Crippen molar-refractivity contribution in [3.8, 4) is 0 Å². The van der Waals surface area contributed by atoms with Gasteiger partial charge in [0.1, 0.15) is 18.3 Å². The monoisotopic (exact) mass is 724 g/mol. The van der Waals surface area contributed by atoms with Crippen molar-refractivity contribution in [2.45, 2.75) is 106 Å².